The van der Waals surface area contributed by atoms with Gasteiger partial charge in [-0.3, -0.25) is 4.57 Å². The molecule has 0 amide bonds. The molecule has 0 aromatic carbocycles. The van der Waals surface area contributed by atoms with Crippen molar-refractivity contribution in [3.8, 4) is 0 Å². The first-order chi connectivity index (χ1) is 9.08. The zero-order valence-electron chi connectivity index (χ0n) is 11.1. The van der Waals surface area contributed by atoms with Crippen LogP contribution in [0.2, 0.25) is 0 Å². The number of nitrogens with one attached hydrogen (secondary N) is 1. The Balaban J connectivity index is 2.10. The molecule has 0 atom stereocenters. The van der Waals surface area contributed by atoms with Crippen molar-refractivity contribution in [2.24, 2.45) is 0 Å². The molecule has 0 bridgehead atoms. The molecule has 0 fully saturated rings. The van der Waals surface area contributed by atoms with Crippen LogP contribution in [0.1, 0.15) is 31.9 Å². The van der Waals surface area contributed by atoms with E-state index in [-0.39, 0.29) is 0 Å². The number of aromatic nitrogens is 3. The van der Waals surface area contributed by atoms with E-state index in [0.717, 1.165) is 10.3 Å². The number of rotatable bonds is 6. The second kappa shape index (κ2) is 5.97. The third-order valence-corrected chi connectivity index (χ3v) is 2.89. The van der Waals surface area contributed by atoms with E-state index in [1.807, 2.05) is 22.9 Å². The van der Waals surface area contributed by atoms with Crippen LogP contribution in [0.3, 0.4) is 0 Å². The molecular formula is C13H18F2N4. The van der Waals surface area contributed by atoms with E-state index in [4.69, 9.17) is 0 Å². The monoisotopic (exact) mass is 268 g/mol. The van der Waals surface area contributed by atoms with Gasteiger partial charge in [-0.05, 0) is 12.1 Å². The molecule has 104 valence electrons. The van der Waals surface area contributed by atoms with Crippen LogP contribution in [0, 0.1) is 0 Å². The van der Waals surface area contributed by atoms with Gasteiger partial charge in [0.05, 0.1) is 6.54 Å². The highest BCUT2D eigenvalue weighted by atomic mass is 19.3. The molecule has 0 aliphatic heterocycles. The van der Waals surface area contributed by atoms with E-state index in [2.05, 4.69) is 24.1 Å². The highest BCUT2D eigenvalue weighted by molar-refractivity contribution is 5.09. The van der Waals surface area contributed by atoms with E-state index in [0.29, 0.717) is 25.0 Å². The standard InChI is InChI=1S/C13H18F2N4/c1-10(2)17-8-11-4-3-6-18(11)9-12-16-5-7-19(12)13(14)15/h3-7,10,13,17H,8-9H2,1-2H3. The maximum absolute atomic E-state index is 12.7. The molecular weight excluding hydrogens is 250 g/mol. The van der Waals surface area contributed by atoms with Gasteiger partial charge >= 0.3 is 6.55 Å². The minimum atomic E-state index is -2.55. The van der Waals surface area contributed by atoms with Crippen LogP contribution in [-0.2, 0) is 13.1 Å². The molecule has 0 saturated heterocycles. The Bertz CT molecular complexity index is 516. The van der Waals surface area contributed by atoms with E-state index in [9.17, 15) is 8.78 Å². The second-order valence-corrected chi connectivity index (χ2v) is 4.69. The van der Waals surface area contributed by atoms with Crippen molar-refractivity contribution >= 4 is 0 Å². The van der Waals surface area contributed by atoms with Crippen LogP contribution in [0.5, 0.6) is 0 Å². The van der Waals surface area contributed by atoms with Gasteiger partial charge in [-0.2, -0.15) is 8.78 Å². The second-order valence-electron chi connectivity index (χ2n) is 4.69. The summed E-state index contributed by atoms with van der Waals surface area (Å²) in [6.45, 7) is 2.64. The summed E-state index contributed by atoms with van der Waals surface area (Å²) in [7, 11) is 0. The molecule has 2 aromatic heterocycles. The third-order valence-electron chi connectivity index (χ3n) is 2.89. The van der Waals surface area contributed by atoms with E-state index < -0.39 is 6.55 Å². The number of hydrogen-bond donors (Lipinski definition) is 1. The number of halogens is 2. The maximum Gasteiger partial charge on any atom is 0.319 e. The van der Waals surface area contributed by atoms with Gasteiger partial charge in [0, 0.05) is 36.9 Å². The lowest BCUT2D eigenvalue weighted by Gasteiger charge is -2.13. The van der Waals surface area contributed by atoms with Crippen molar-refractivity contribution in [1.29, 1.82) is 0 Å². The topological polar surface area (TPSA) is 34.8 Å². The molecule has 6 heteroatoms. The average molecular weight is 268 g/mol. The quantitative estimate of drug-likeness (QED) is 0.874. The molecule has 4 nitrogen and oxygen atoms in total. The Morgan fingerprint density at radius 3 is 2.79 bits per heavy atom. The van der Waals surface area contributed by atoms with Crippen molar-refractivity contribution in [2.75, 3.05) is 0 Å². The number of imidazole rings is 1. The minimum absolute atomic E-state index is 0.347. The molecule has 0 unspecified atom stereocenters. The Hall–Kier alpha value is -1.69. The third kappa shape index (κ3) is 3.41. The van der Waals surface area contributed by atoms with E-state index in [1.54, 1.807) is 0 Å². The van der Waals surface area contributed by atoms with Gasteiger partial charge in [0.1, 0.15) is 5.82 Å². The maximum atomic E-state index is 12.7. The fourth-order valence-electron chi connectivity index (χ4n) is 1.87. The average Bonchev–Trinajstić information content (AvgIpc) is 2.96. The lowest BCUT2D eigenvalue weighted by molar-refractivity contribution is 0.0667. The molecule has 0 aliphatic rings. The van der Waals surface area contributed by atoms with Gasteiger partial charge in [-0.1, -0.05) is 13.8 Å². The van der Waals surface area contributed by atoms with Crippen molar-refractivity contribution in [3.05, 3.63) is 42.2 Å². The molecule has 0 aliphatic carbocycles. The van der Waals surface area contributed by atoms with Crippen LogP contribution in [-0.4, -0.2) is 20.2 Å². The molecule has 2 rings (SSSR count). The molecule has 1 N–H and O–H groups in total. The lowest BCUT2D eigenvalue weighted by Crippen LogP contribution is -2.23. The van der Waals surface area contributed by atoms with Gasteiger partial charge < -0.3 is 9.88 Å². The number of nitrogens with zero attached hydrogens (tertiary/aromatic N) is 3. The summed E-state index contributed by atoms with van der Waals surface area (Å²) in [5.74, 6) is 0.358. The largest absolute Gasteiger partial charge is 0.343 e. The van der Waals surface area contributed by atoms with E-state index >= 15 is 0 Å². The zero-order chi connectivity index (χ0) is 13.8. The van der Waals surface area contributed by atoms with Gasteiger partial charge in [0.15, 0.2) is 0 Å². The smallest absolute Gasteiger partial charge is 0.319 e. The molecule has 0 spiro atoms. The summed E-state index contributed by atoms with van der Waals surface area (Å²) in [6.07, 6.45) is 4.58. The Morgan fingerprint density at radius 1 is 1.32 bits per heavy atom. The summed E-state index contributed by atoms with van der Waals surface area (Å²) in [5.41, 5.74) is 1.05. The fraction of sp³-hybridized carbons (Fsp3) is 0.462. The van der Waals surface area contributed by atoms with Gasteiger partial charge in [0.2, 0.25) is 0 Å². The normalized spacial score (nSPS) is 11.7. The van der Waals surface area contributed by atoms with Gasteiger partial charge in [-0.15, -0.1) is 0 Å². The lowest BCUT2D eigenvalue weighted by atomic mass is 10.3. The van der Waals surface area contributed by atoms with Crippen LogP contribution in [0.15, 0.2) is 30.7 Å². The molecule has 19 heavy (non-hydrogen) atoms. The van der Waals surface area contributed by atoms with Crippen LogP contribution < -0.4 is 5.32 Å². The number of hydrogen-bond acceptors (Lipinski definition) is 2. The van der Waals surface area contributed by atoms with Crippen LogP contribution >= 0.6 is 0 Å². The van der Waals surface area contributed by atoms with Gasteiger partial charge in [-0.25, -0.2) is 4.98 Å². The summed E-state index contributed by atoms with van der Waals surface area (Å²) < 4.78 is 28.3. The van der Waals surface area contributed by atoms with Crippen LogP contribution in [0.4, 0.5) is 8.78 Å². The molecule has 0 radical (unpaired) electrons. The van der Waals surface area contributed by atoms with Crippen LogP contribution in [0.25, 0.3) is 0 Å². The Morgan fingerprint density at radius 2 is 2.11 bits per heavy atom. The Kier molecular flexibility index (Phi) is 4.31. The summed E-state index contributed by atoms with van der Waals surface area (Å²) in [4.78, 5) is 3.99. The first-order valence-corrected chi connectivity index (χ1v) is 6.25. The van der Waals surface area contributed by atoms with Crippen molar-refractivity contribution in [2.45, 2.75) is 39.5 Å². The summed E-state index contributed by atoms with van der Waals surface area (Å²) in [5, 5.41) is 3.31. The molecule has 0 saturated carbocycles. The first-order valence-electron chi connectivity index (χ1n) is 6.25. The number of alkyl halides is 2. The summed E-state index contributed by atoms with van der Waals surface area (Å²) in [6, 6.07) is 4.27. The van der Waals surface area contributed by atoms with E-state index in [1.165, 1.54) is 12.4 Å². The highest BCUT2D eigenvalue weighted by Gasteiger charge is 2.12. The minimum Gasteiger partial charge on any atom is -0.343 e. The van der Waals surface area contributed by atoms with Crippen molar-refractivity contribution in [3.63, 3.8) is 0 Å². The van der Waals surface area contributed by atoms with Crippen molar-refractivity contribution < 1.29 is 8.78 Å². The van der Waals surface area contributed by atoms with Gasteiger partial charge in [0.25, 0.3) is 0 Å². The molecule has 2 aromatic rings. The fourth-order valence-corrected chi connectivity index (χ4v) is 1.87. The predicted octanol–water partition coefficient (Wildman–Crippen LogP) is 2.63. The first kappa shape index (κ1) is 13.7. The predicted molar refractivity (Wildman–Crippen MR) is 69.0 cm³/mol. The Labute approximate surface area is 111 Å². The highest BCUT2D eigenvalue weighted by Crippen LogP contribution is 2.14. The summed E-state index contributed by atoms with van der Waals surface area (Å²) >= 11 is 0. The molecule has 2 heterocycles. The van der Waals surface area contributed by atoms with Crippen molar-refractivity contribution in [1.82, 2.24) is 19.4 Å². The zero-order valence-corrected chi connectivity index (χ0v) is 11.1. The SMILES string of the molecule is CC(C)NCc1cccn1Cc1nccn1C(F)F.